The molecule has 6 heteroatoms. The molecule has 2 aliphatic carbocycles. The number of carbonyl (C=O) groups excluding carboxylic acids is 2. The summed E-state index contributed by atoms with van der Waals surface area (Å²) in [5.41, 5.74) is -1.23. The first kappa shape index (κ1) is 24.7. The Balaban J connectivity index is 0.000000181. The molecule has 2 saturated heterocycles. The molecule has 2 saturated carbocycles. The van der Waals surface area contributed by atoms with Gasteiger partial charge < -0.3 is 18.9 Å². The minimum absolute atomic E-state index is 0.181. The van der Waals surface area contributed by atoms with E-state index in [1.54, 1.807) is 0 Å². The number of fused-ring (bicyclic) bond motifs is 2. The maximum absolute atomic E-state index is 11.2. The maximum Gasteiger partial charge on any atom is 0.303 e. The molecule has 0 amide bonds. The van der Waals surface area contributed by atoms with Gasteiger partial charge in [0.15, 0.2) is 11.2 Å². The maximum atomic E-state index is 11.2. The van der Waals surface area contributed by atoms with Crippen molar-refractivity contribution >= 4 is 11.9 Å². The van der Waals surface area contributed by atoms with E-state index in [2.05, 4.69) is 27.0 Å². The van der Waals surface area contributed by atoms with E-state index in [1.165, 1.54) is 26.7 Å². The van der Waals surface area contributed by atoms with Gasteiger partial charge >= 0.3 is 11.9 Å². The standard InChI is InChI=1S/2C13H20O3/c2*1-8-5-6-11-12(7-8)15-9(2)13(11,4)16-10(3)14/h2*8,11-12H,2,5-7H2,1,3-4H3/t8-,11-,12-,13+;8-,11-,12-,13-/m11/s1. The van der Waals surface area contributed by atoms with Gasteiger partial charge in [-0.3, -0.25) is 9.59 Å². The Labute approximate surface area is 192 Å². The Kier molecular flexibility index (Phi) is 7.02. The molecule has 0 aromatic carbocycles. The van der Waals surface area contributed by atoms with Gasteiger partial charge in [-0.05, 0) is 51.4 Å². The summed E-state index contributed by atoms with van der Waals surface area (Å²) in [6, 6.07) is 0. The van der Waals surface area contributed by atoms with E-state index in [9.17, 15) is 9.59 Å². The van der Waals surface area contributed by atoms with Gasteiger partial charge in [0.1, 0.15) is 23.7 Å². The van der Waals surface area contributed by atoms with E-state index < -0.39 is 11.2 Å². The minimum Gasteiger partial charge on any atom is -0.491 e. The molecule has 4 fully saturated rings. The fraction of sp³-hybridized carbons (Fsp3) is 0.769. The number of rotatable bonds is 2. The molecule has 0 aromatic heterocycles. The third-order valence-corrected chi connectivity index (χ3v) is 7.93. The predicted molar refractivity (Wildman–Crippen MR) is 121 cm³/mol. The lowest BCUT2D eigenvalue weighted by molar-refractivity contribution is -0.157. The van der Waals surface area contributed by atoms with Crippen LogP contribution in [0.25, 0.3) is 0 Å². The molecule has 8 atom stereocenters. The molecule has 4 rings (SSSR count). The Morgan fingerprint density at radius 3 is 1.44 bits per heavy atom. The molecule has 4 aliphatic rings. The molecule has 0 unspecified atom stereocenters. The van der Waals surface area contributed by atoms with E-state index in [-0.39, 0.29) is 36.0 Å². The third-order valence-electron chi connectivity index (χ3n) is 7.93. The lowest BCUT2D eigenvalue weighted by atomic mass is 9.74. The molecule has 6 nitrogen and oxygen atoms in total. The fourth-order valence-electron chi connectivity index (χ4n) is 6.05. The van der Waals surface area contributed by atoms with Crippen molar-refractivity contribution in [3.8, 4) is 0 Å². The highest BCUT2D eigenvalue weighted by atomic mass is 16.6. The van der Waals surface area contributed by atoms with Crippen molar-refractivity contribution in [1.29, 1.82) is 0 Å². The number of hydrogen-bond acceptors (Lipinski definition) is 6. The number of carbonyl (C=O) groups is 2. The van der Waals surface area contributed by atoms with Crippen LogP contribution in [-0.4, -0.2) is 35.3 Å². The van der Waals surface area contributed by atoms with E-state index in [0.29, 0.717) is 23.4 Å². The highest BCUT2D eigenvalue weighted by molar-refractivity contribution is 5.67. The molecular weight excluding hydrogens is 408 g/mol. The van der Waals surface area contributed by atoms with Gasteiger partial charge in [-0.15, -0.1) is 0 Å². The number of ether oxygens (including phenoxy) is 4. The SMILES string of the molecule is C=C1O[C@@H]2C[C@H](C)CC[C@H]2[C@@]1(C)OC(C)=O.C=C1O[C@@H]2C[C@H](C)CC[C@H]2[C@]1(C)OC(C)=O. The Bertz CT molecular complexity index is 710. The number of esters is 2. The number of hydrogen-bond donors (Lipinski definition) is 0. The second-order valence-corrected chi connectivity index (χ2v) is 10.6. The second-order valence-electron chi connectivity index (χ2n) is 10.6. The summed E-state index contributed by atoms with van der Waals surface area (Å²) in [5, 5.41) is 0. The van der Waals surface area contributed by atoms with Crippen molar-refractivity contribution in [3.63, 3.8) is 0 Å². The van der Waals surface area contributed by atoms with Crippen LogP contribution in [0.2, 0.25) is 0 Å². The fourth-order valence-corrected chi connectivity index (χ4v) is 6.05. The largest absolute Gasteiger partial charge is 0.491 e. The molecule has 32 heavy (non-hydrogen) atoms. The quantitative estimate of drug-likeness (QED) is 0.533. The summed E-state index contributed by atoms with van der Waals surface area (Å²) >= 11 is 0. The van der Waals surface area contributed by atoms with Crippen LogP contribution in [0.4, 0.5) is 0 Å². The smallest absolute Gasteiger partial charge is 0.303 e. The van der Waals surface area contributed by atoms with Gasteiger partial charge in [-0.1, -0.05) is 39.8 Å². The van der Waals surface area contributed by atoms with Crippen LogP contribution >= 0.6 is 0 Å². The van der Waals surface area contributed by atoms with Crippen molar-refractivity contribution < 1.29 is 28.5 Å². The summed E-state index contributed by atoms with van der Waals surface area (Å²) in [6.07, 6.45) is 6.90. The van der Waals surface area contributed by atoms with Crippen LogP contribution in [0, 0.1) is 23.7 Å². The molecule has 2 aliphatic heterocycles. The highest BCUT2D eigenvalue weighted by Crippen LogP contribution is 2.50. The van der Waals surface area contributed by atoms with Crippen LogP contribution in [0.5, 0.6) is 0 Å². The summed E-state index contributed by atoms with van der Waals surface area (Å²) in [7, 11) is 0. The molecular formula is C26H40O6. The highest BCUT2D eigenvalue weighted by Gasteiger charge is 2.55. The molecule has 0 spiro atoms. The molecule has 0 radical (unpaired) electrons. The first-order chi connectivity index (χ1) is 14.9. The molecule has 0 bridgehead atoms. The molecule has 180 valence electrons. The van der Waals surface area contributed by atoms with Crippen molar-refractivity contribution in [3.05, 3.63) is 24.7 Å². The lowest BCUT2D eigenvalue weighted by Crippen LogP contribution is -2.41. The zero-order chi connectivity index (χ0) is 23.8. The average molecular weight is 449 g/mol. The third kappa shape index (κ3) is 4.69. The van der Waals surface area contributed by atoms with Crippen molar-refractivity contribution in [2.45, 2.75) is 103 Å². The summed E-state index contributed by atoms with van der Waals surface area (Å²) < 4.78 is 22.5. The monoisotopic (exact) mass is 448 g/mol. The topological polar surface area (TPSA) is 71.1 Å². The van der Waals surface area contributed by atoms with Crippen LogP contribution in [0.15, 0.2) is 24.7 Å². The average Bonchev–Trinajstić information content (AvgIpc) is 3.03. The summed E-state index contributed by atoms with van der Waals surface area (Å²) in [6.45, 7) is 19.0. The normalized spacial score (nSPS) is 42.4. The second kappa shape index (κ2) is 9.11. The van der Waals surface area contributed by atoms with Gasteiger partial charge in [-0.2, -0.15) is 0 Å². The lowest BCUT2D eigenvalue weighted by Gasteiger charge is -2.34. The van der Waals surface area contributed by atoms with Crippen molar-refractivity contribution in [2.24, 2.45) is 23.7 Å². The van der Waals surface area contributed by atoms with Gasteiger partial charge in [-0.25, -0.2) is 0 Å². The predicted octanol–water partition coefficient (Wildman–Crippen LogP) is 5.31. The van der Waals surface area contributed by atoms with Crippen molar-refractivity contribution in [1.82, 2.24) is 0 Å². The van der Waals surface area contributed by atoms with Gasteiger partial charge in [0.05, 0.1) is 0 Å². The zero-order valence-corrected chi connectivity index (χ0v) is 20.6. The van der Waals surface area contributed by atoms with Gasteiger partial charge in [0.25, 0.3) is 0 Å². The van der Waals surface area contributed by atoms with E-state index >= 15 is 0 Å². The van der Waals surface area contributed by atoms with E-state index in [0.717, 1.165) is 25.7 Å². The van der Waals surface area contributed by atoms with E-state index in [1.807, 2.05) is 13.8 Å². The first-order valence-corrected chi connectivity index (χ1v) is 12.0. The molecule has 0 N–H and O–H groups in total. The molecule has 0 aromatic rings. The van der Waals surface area contributed by atoms with Crippen LogP contribution in [-0.2, 0) is 28.5 Å². The Hall–Kier alpha value is -1.98. The van der Waals surface area contributed by atoms with Gasteiger partial charge in [0, 0.05) is 25.7 Å². The summed E-state index contributed by atoms with van der Waals surface area (Å²) in [5.74, 6) is 2.65. The minimum atomic E-state index is -0.614. The van der Waals surface area contributed by atoms with Crippen LogP contribution < -0.4 is 0 Å². The summed E-state index contributed by atoms with van der Waals surface area (Å²) in [4.78, 5) is 22.3. The first-order valence-electron chi connectivity index (χ1n) is 12.0. The van der Waals surface area contributed by atoms with Crippen molar-refractivity contribution in [2.75, 3.05) is 0 Å². The molecule has 2 heterocycles. The zero-order valence-electron chi connectivity index (χ0n) is 20.6. The van der Waals surface area contributed by atoms with Crippen LogP contribution in [0.3, 0.4) is 0 Å². The Morgan fingerprint density at radius 2 is 1.12 bits per heavy atom. The van der Waals surface area contributed by atoms with Gasteiger partial charge in [0.2, 0.25) is 0 Å². The van der Waals surface area contributed by atoms with E-state index in [4.69, 9.17) is 18.9 Å². The Morgan fingerprint density at radius 1 is 0.781 bits per heavy atom. The van der Waals surface area contributed by atoms with Crippen LogP contribution in [0.1, 0.15) is 80.1 Å².